The van der Waals surface area contributed by atoms with Gasteiger partial charge in [0.2, 0.25) is 0 Å². The van der Waals surface area contributed by atoms with E-state index in [1.54, 1.807) is 18.2 Å². The number of hydrogen-bond donors (Lipinski definition) is 2. The van der Waals surface area contributed by atoms with Crippen molar-refractivity contribution in [3.8, 4) is 0 Å². The van der Waals surface area contributed by atoms with Gasteiger partial charge in [-0.05, 0) is 51.2 Å². The summed E-state index contributed by atoms with van der Waals surface area (Å²) in [4.78, 5) is 10.9. The molecular formula is C17H18BrNO2. The first kappa shape index (κ1) is 15.6. The van der Waals surface area contributed by atoms with E-state index in [-0.39, 0.29) is 5.56 Å². The fourth-order valence-corrected chi connectivity index (χ4v) is 2.53. The minimum absolute atomic E-state index is 0.272. The second kappa shape index (κ2) is 6.76. The van der Waals surface area contributed by atoms with Crippen LogP contribution in [0.25, 0.3) is 0 Å². The van der Waals surface area contributed by atoms with Gasteiger partial charge >= 0.3 is 5.97 Å². The fourth-order valence-electron chi connectivity index (χ4n) is 2.01. The number of carboxylic acids is 1. The Balaban J connectivity index is 2.04. The predicted molar refractivity (Wildman–Crippen MR) is 89.0 cm³/mol. The molecule has 4 heteroatoms. The second-order valence-electron chi connectivity index (χ2n) is 5.25. The molecule has 0 saturated heterocycles. The number of rotatable bonds is 5. The molecule has 2 N–H and O–H groups in total. The van der Waals surface area contributed by atoms with Crippen molar-refractivity contribution in [2.75, 3.05) is 5.32 Å². The topological polar surface area (TPSA) is 49.3 Å². The SMILES string of the molecule is CC(C)c1ccc(CNc2ccc(C(=O)O)cc2Br)cc1. The van der Waals surface area contributed by atoms with Crippen molar-refractivity contribution < 1.29 is 9.90 Å². The van der Waals surface area contributed by atoms with Gasteiger partial charge in [0.1, 0.15) is 0 Å². The van der Waals surface area contributed by atoms with E-state index >= 15 is 0 Å². The third-order valence-electron chi connectivity index (χ3n) is 3.35. The summed E-state index contributed by atoms with van der Waals surface area (Å²) in [6.45, 7) is 5.05. The number of halogens is 1. The molecule has 0 atom stereocenters. The molecule has 0 unspecified atom stereocenters. The number of carboxylic acid groups (broad SMARTS) is 1. The first-order chi connectivity index (χ1) is 9.97. The third-order valence-corrected chi connectivity index (χ3v) is 4.00. The summed E-state index contributed by atoms with van der Waals surface area (Å²) in [6, 6.07) is 13.5. The van der Waals surface area contributed by atoms with Crippen molar-refractivity contribution in [2.24, 2.45) is 0 Å². The number of carbonyl (C=O) groups is 1. The third kappa shape index (κ3) is 4.08. The number of nitrogens with one attached hydrogen (secondary N) is 1. The lowest BCUT2D eigenvalue weighted by Crippen LogP contribution is -2.02. The van der Waals surface area contributed by atoms with Gasteiger partial charge in [-0.15, -0.1) is 0 Å². The molecule has 0 radical (unpaired) electrons. The highest BCUT2D eigenvalue weighted by Crippen LogP contribution is 2.24. The van der Waals surface area contributed by atoms with Crippen LogP contribution in [0.15, 0.2) is 46.9 Å². The van der Waals surface area contributed by atoms with Gasteiger partial charge in [0.25, 0.3) is 0 Å². The van der Waals surface area contributed by atoms with Crippen molar-refractivity contribution in [1.29, 1.82) is 0 Å². The maximum Gasteiger partial charge on any atom is 0.335 e. The zero-order valence-electron chi connectivity index (χ0n) is 12.1. The molecule has 0 bridgehead atoms. The number of benzene rings is 2. The molecule has 0 saturated carbocycles. The maximum atomic E-state index is 10.9. The summed E-state index contributed by atoms with van der Waals surface area (Å²) in [7, 11) is 0. The molecule has 0 spiro atoms. The normalized spacial score (nSPS) is 10.7. The quantitative estimate of drug-likeness (QED) is 0.809. The van der Waals surface area contributed by atoms with Crippen LogP contribution in [0, 0.1) is 0 Å². The first-order valence-corrected chi connectivity index (χ1v) is 7.62. The van der Waals surface area contributed by atoms with Gasteiger partial charge in [-0.2, -0.15) is 0 Å². The Hall–Kier alpha value is -1.81. The molecule has 21 heavy (non-hydrogen) atoms. The Morgan fingerprint density at radius 2 is 1.86 bits per heavy atom. The first-order valence-electron chi connectivity index (χ1n) is 6.83. The Labute approximate surface area is 133 Å². The van der Waals surface area contributed by atoms with Crippen molar-refractivity contribution in [3.05, 3.63) is 63.6 Å². The van der Waals surface area contributed by atoms with Crippen molar-refractivity contribution in [1.82, 2.24) is 0 Å². The van der Waals surface area contributed by atoms with Crippen LogP contribution in [-0.2, 0) is 6.54 Å². The monoisotopic (exact) mass is 347 g/mol. The van der Waals surface area contributed by atoms with E-state index in [1.165, 1.54) is 11.1 Å². The predicted octanol–water partition coefficient (Wildman–Crippen LogP) is 4.88. The van der Waals surface area contributed by atoms with Gasteiger partial charge in [-0.3, -0.25) is 0 Å². The number of hydrogen-bond acceptors (Lipinski definition) is 2. The Kier molecular flexibility index (Phi) is 5.02. The molecule has 0 heterocycles. The highest BCUT2D eigenvalue weighted by atomic mass is 79.9. The van der Waals surface area contributed by atoms with Crippen LogP contribution in [0.1, 0.15) is 41.3 Å². The van der Waals surface area contributed by atoms with Crippen molar-refractivity contribution in [3.63, 3.8) is 0 Å². The van der Waals surface area contributed by atoms with E-state index < -0.39 is 5.97 Å². The average Bonchev–Trinajstić information content (AvgIpc) is 2.46. The Morgan fingerprint density at radius 3 is 2.38 bits per heavy atom. The molecule has 0 fully saturated rings. The van der Waals surface area contributed by atoms with Crippen LogP contribution in [-0.4, -0.2) is 11.1 Å². The summed E-state index contributed by atoms with van der Waals surface area (Å²) >= 11 is 3.39. The highest BCUT2D eigenvalue weighted by Gasteiger charge is 2.06. The van der Waals surface area contributed by atoms with Gasteiger partial charge in [0, 0.05) is 16.7 Å². The van der Waals surface area contributed by atoms with E-state index in [4.69, 9.17) is 5.11 Å². The maximum absolute atomic E-state index is 10.9. The van der Waals surface area contributed by atoms with E-state index in [0.29, 0.717) is 12.5 Å². The van der Waals surface area contributed by atoms with Gasteiger partial charge in [0.05, 0.1) is 5.56 Å². The molecule has 3 nitrogen and oxygen atoms in total. The molecule has 2 rings (SSSR count). The van der Waals surface area contributed by atoms with Gasteiger partial charge in [-0.1, -0.05) is 38.1 Å². The lowest BCUT2D eigenvalue weighted by molar-refractivity contribution is 0.0697. The minimum Gasteiger partial charge on any atom is -0.478 e. The van der Waals surface area contributed by atoms with Gasteiger partial charge in [-0.25, -0.2) is 4.79 Å². The Morgan fingerprint density at radius 1 is 1.19 bits per heavy atom. The summed E-state index contributed by atoms with van der Waals surface area (Å²) < 4.78 is 0.751. The molecule has 0 aliphatic rings. The van der Waals surface area contributed by atoms with Crippen molar-refractivity contribution >= 4 is 27.6 Å². The van der Waals surface area contributed by atoms with Crippen LogP contribution < -0.4 is 5.32 Å². The second-order valence-corrected chi connectivity index (χ2v) is 6.10. The van der Waals surface area contributed by atoms with Gasteiger partial charge < -0.3 is 10.4 Å². The van der Waals surface area contributed by atoms with Crippen LogP contribution in [0.3, 0.4) is 0 Å². The summed E-state index contributed by atoms with van der Waals surface area (Å²) in [5.74, 6) is -0.392. The van der Waals surface area contributed by atoms with Crippen molar-refractivity contribution in [2.45, 2.75) is 26.3 Å². The average molecular weight is 348 g/mol. The lowest BCUT2D eigenvalue weighted by atomic mass is 10.0. The zero-order valence-corrected chi connectivity index (χ0v) is 13.6. The molecule has 110 valence electrons. The molecular weight excluding hydrogens is 330 g/mol. The largest absolute Gasteiger partial charge is 0.478 e. The van der Waals surface area contributed by atoms with Crippen LogP contribution in [0.4, 0.5) is 5.69 Å². The molecule has 0 aliphatic heterocycles. The molecule has 2 aromatic carbocycles. The van der Waals surface area contributed by atoms with Crippen LogP contribution in [0.5, 0.6) is 0 Å². The van der Waals surface area contributed by atoms with E-state index in [0.717, 1.165) is 10.2 Å². The minimum atomic E-state index is -0.925. The fraction of sp³-hybridized carbons (Fsp3) is 0.235. The molecule has 0 aromatic heterocycles. The van der Waals surface area contributed by atoms with E-state index in [9.17, 15) is 4.79 Å². The molecule has 0 amide bonds. The highest BCUT2D eigenvalue weighted by molar-refractivity contribution is 9.10. The summed E-state index contributed by atoms with van der Waals surface area (Å²) in [5.41, 5.74) is 3.67. The van der Waals surface area contributed by atoms with E-state index in [2.05, 4.69) is 59.4 Å². The Bertz CT molecular complexity index is 636. The zero-order chi connectivity index (χ0) is 15.4. The molecule has 0 aliphatic carbocycles. The number of anilines is 1. The standard InChI is InChI=1S/C17H18BrNO2/c1-11(2)13-5-3-12(4-6-13)10-19-16-8-7-14(17(20)21)9-15(16)18/h3-9,11,19H,10H2,1-2H3,(H,20,21). The van der Waals surface area contributed by atoms with Gasteiger partial charge in [0.15, 0.2) is 0 Å². The van der Waals surface area contributed by atoms with Crippen LogP contribution >= 0.6 is 15.9 Å². The van der Waals surface area contributed by atoms with E-state index in [1.807, 2.05) is 0 Å². The summed E-state index contributed by atoms with van der Waals surface area (Å²) in [5, 5.41) is 12.2. The summed E-state index contributed by atoms with van der Waals surface area (Å²) in [6.07, 6.45) is 0. The lowest BCUT2D eigenvalue weighted by Gasteiger charge is -2.11. The number of aromatic carboxylic acids is 1. The van der Waals surface area contributed by atoms with Crippen LogP contribution in [0.2, 0.25) is 0 Å². The molecule has 2 aromatic rings. The smallest absolute Gasteiger partial charge is 0.335 e.